The summed E-state index contributed by atoms with van der Waals surface area (Å²) in [7, 11) is 0. The van der Waals surface area contributed by atoms with Gasteiger partial charge >= 0.3 is 29.5 Å². The van der Waals surface area contributed by atoms with Crippen LogP contribution in [0.15, 0.2) is 34.8 Å². The van der Waals surface area contributed by atoms with E-state index in [0.29, 0.717) is 29.7 Å². The third kappa shape index (κ3) is 7.44. The maximum atomic E-state index is 13.4. The van der Waals surface area contributed by atoms with Crippen LogP contribution >= 0.6 is 34.7 Å². The molecule has 0 aliphatic carbocycles. The van der Waals surface area contributed by atoms with Crippen LogP contribution in [-0.4, -0.2) is 101 Å². The molecule has 9 N–H and O–H groups in total. The van der Waals surface area contributed by atoms with Gasteiger partial charge in [-0.05, 0) is 30.5 Å². The number of carboxylic acids is 2. The summed E-state index contributed by atoms with van der Waals surface area (Å²) in [4.78, 5) is 76.2. The van der Waals surface area contributed by atoms with Crippen LogP contribution in [0.1, 0.15) is 26.0 Å². The van der Waals surface area contributed by atoms with Gasteiger partial charge in [-0.15, -0.1) is 11.8 Å². The third-order valence-electron chi connectivity index (χ3n) is 7.62. The number of pyridine rings is 1. The Labute approximate surface area is 296 Å². The molecule has 3 aromatic rings. The van der Waals surface area contributed by atoms with Gasteiger partial charge in [0.25, 0.3) is 11.8 Å². The lowest BCUT2D eigenvalue weighted by Gasteiger charge is -2.49. The topological polar surface area (TPSA) is 285 Å². The number of aromatic nitrogens is 4. The quantitative estimate of drug-likeness (QED) is 0.0398. The minimum atomic E-state index is -1.44. The van der Waals surface area contributed by atoms with Gasteiger partial charge in [0.2, 0.25) is 6.10 Å². The van der Waals surface area contributed by atoms with Gasteiger partial charge in [-0.3, -0.25) is 23.9 Å². The van der Waals surface area contributed by atoms with E-state index < -0.39 is 59.0 Å². The van der Waals surface area contributed by atoms with Crippen molar-refractivity contribution in [2.24, 2.45) is 10.9 Å². The van der Waals surface area contributed by atoms with Gasteiger partial charge in [0.15, 0.2) is 10.8 Å². The monoisotopic (exact) mass is 751 g/mol. The Morgan fingerprint density at radius 3 is 2.64 bits per heavy atom. The van der Waals surface area contributed by atoms with Crippen LogP contribution in [0.25, 0.3) is 11.2 Å². The van der Waals surface area contributed by atoms with Crippen LogP contribution in [-0.2, 0) is 46.6 Å². The van der Waals surface area contributed by atoms with E-state index in [1.165, 1.54) is 25.6 Å². The number of β-lactam (4-membered cyclic amide) rings is 1. The van der Waals surface area contributed by atoms with Crippen molar-refractivity contribution < 1.29 is 48.3 Å². The number of aryl methyl sites for hydroxylation is 1. The van der Waals surface area contributed by atoms with Gasteiger partial charge in [0.05, 0.1) is 6.20 Å². The normalized spacial score (nSPS) is 18.7. The molecule has 2 aliphatic heterocycles. The molecule has 2 amide bonds. The van der Waals surface area contributed by atoms with Crippen LogP contribution in [0.5, 0.6) is 0 Å². The minimum absolute atomic E-state index is 0.00209. The van der Waals surface area contributed by atoms with Crippen molar-refractivity contribution in [2.75, 3.05) is 23.8 Å². The van der Waals surface area contributed by atoms with E-state index in [-0.39, 0.29) is 45.7 Å². The van der Waals surface area contributed by atoms with E-state index in [1.54, 1.807) is 27.5 Å². The minimum Gasteiger partial charge on any atom is -0.478 e. The standard InChI is InChI=1S/C28H31ClN10O9S2/c1-11(25(43)44)48-36-17(16-20(29)50-28(32)34-16)22(41)33-18-23(42)39-19(26(45)46)13(10-49-24(18)39)8-37-6-3-4-15-21(37)35-27(31)38(15)7-5-14(30)9-47-12(2)40/h3-4,6,11,14,18,24,31H,5,7-10,30H2,1-2H3,(H5,32,33,34,41,43,44,45,46)/p+1/b36-17-/t11-,14-,18?,24?/m0/s1. The molecule has 50 heavy (non-hydrogen) atoms. The number of anilines is 2. The number of carbonyl (C=O) groups excluding carboxylic acids is 3. The summed E-state index contributed by atoms with van der Waals surface area (Å²) in [5.74, 6) is -4.41. The molecule has 3 aromatic heterocycles. The number of amides is 2. The summed E-state index contributed by atoms with van der Waals surface area (Å²) in [6.07, 6.45) is 0.709. The Hall–Kier alpha value is -4.99. The molecule has 5 heterocycles. The number of nitrogens with one attached hydrogen (secondary N) is 1. The fourth-order valence-electron chi connectivity index (χ4n) is 5.17. The number of carbonyl (C=O) groups is 5. The number of imidazole rings is 1. The van der Waals surface area contributed by atoms with Crippen molar-refractivity contribution in [2.45, 2.75) is 56.9 Å². The highest BCUT2D eigenvalue weighted by Crippen LogP contribution is 2.40. The number of hydrogen-bond donors (Lipinski definition) is 6. The maximum absolute atomic E-state index is 13.4. The smallest absolute Gasteiger partial charge is 0.352 e. The fourth-order valence-corrected chi connectivity index (χ4v) is 7.44. The summed E-state index contributed by atoms with van der Waals surface area (Å²) < 4.78 is 8.41. The number of nitrogen functional groups attached to an aromatic ring is 2. The first kappa shape index (κ1) is 36.3. The largest absolute Gasteiger partial charge is 0.478 e. The molecule has 0 aromatic carbocycles. The molecule has 2 unspecified atom stereocenters. The lowest BCUT2D eigenvalue weighted by molar-refractivity contribution is -0.664. The number of ether oxygens (including phenoxy) is 1. The summed E-state index contributed by atoms with van der Waals surface area (Å²) >= 11 is 8.25. The first-order valence-electron chi connectivity index (χ1n) is 14.8. The third-order valence-corrected chi connectivity index (χ3v) is 10.0. The van der Waals surface area contributed by atoms with Crippen LogP contribution in [0.3, 0.4) is 0 Å². The molecule has 4 atom stereocenters. The molecule has 0 spiro atoms. The second-order valence-electron chi connectivity index (χ2n) is 11.1. The van der Waals surface area contributed by atoms with Crippen LogP contribution < -0.4 is 27.1 Å². The maximum Gasteiger partial charge on any atom is 0.352 e. The number of esters is 1. The Morgan fingerprint density at radius 2 is 2.00 bits per heavy atom. The summed E-state index contributed by atoms with van der Waals surface area (Å²) in [5, 5.41) is 24.8. The SMILES string of the molecule is CC(=O)OC[C@@H](N)CCn1c(N)nc2c1ccc[n+]2CC1=C(C(=O)O)N2C(=O)C(NC(=O)/C(=N\O[C@@H](C)C(=O)O)c3nc(N)sc3Cl)C2SC1. The number of thiazole rings is 1. The zero-order valence-corrected chi connectivity index (χ0v) is 28.8. The molecule has 19 nitrogen and oxygen atoms in total. The molecule has 266 valence electrons. The summed E-state index contributed by atoms with van der Waals surface area (Å²) in [5.41, 5.74) is 18.6. The number of halogens is 1. The Balaban J connectivity index is 1.35. The Bertz CT molecular complexity index is 1950. The highest BCUT2D eigenvalue weighted by Gasteiger charge is 2.54. The van der Waals surface area contributed by atoms with Crippen LogP contribution in [0.2, 0.25) is 4.34 Å². The van der Waals surface area contributed by atoms with Crippen LogP contribution in [0, 0.1) is 0 Å². The molecule has 1 fully saturated rings. The van der Waals surface area contributed by atoms with Gasteiger partial charge in [0, 0.05) is 30.8 Å². The second-order valence-corrected chi connectivity index (χ2v) is 13.9. The van der Waals surface area contributed by atoms with Gasteiger partial charge in [-0.25, -0.2) is 19.1 Å². The van der Waals surface area contributed by atoms with E-state index in [2.05, 4.69) is 20.4 Å². The predicted molar refractivity (Wildman–Crippen MR) is 180 cm³/mol. The Kier molecular flexibility index (Phi) is 10.8. The number of thioether (sulfide) groups is 1. The molecule has 5 rings (SSSR count). The highest BCUT2D eigenvalue weighted by molar-refractivity contribution is 8.00. The number of hydrogen-bond acceptors (Lipinski definition) is 15. The van der Waals surface area contributed by atoms with Crippen molar-refractivity contribution in [1.29, 1.82) is 0 Å². The number of rotatable bonds is 14. The van der Waals surface area contributed by atoms with Gasteiger partial charge in [-0.2, -0.15) is 0 Å². The molecular weight excluding hydrogens is 720 g/mol. The molecular formula is C28H32ClN10O9S2+. The molecule has 22 heteroatoms. The average molecular weight is 752 g/mol. The number of aliphatic carboxylic acids is 2. The van der Waals surface area contributed by atoms with Gasteiger partial charge in [0.1, 0.15) is 45.8 Å². The van der Waals surface area contributed by atoms with E-state index in [4.69, 9.17) is 43.5 Å². The van der Waals surface area contributed by atoms with Crippen molar-refractivity contribution in [1.82, 2.24) is 24.8 Å². The molecule has 0 saturated carbocycles. The van der Waals surface area contributed by atoms with E-state index in [9.17, 15) is 29.1 Å². The Morgan fingerprint density at radius 1 is 1.26 bits per heavy atom. The number of oxime groups is 1. The van der Waals surface area contributed by atoms with Crippen LogP contribution in [0.4, 0.5) is 11.1 Å². The molecule has 0 radical (unpaired) electrons. The van der Waals surface area contributed by atoms with Crippen molar-refractivity contribution in [3.8, 4) is 0 Å². The second kappa shape index (κ2) is 14.9. The lowest BCUT2D eigenvalue weighted by Crippen LogP contribution is -2.71. The number of nitrogens with two attached hydrogens (primary N) is 3. The number of carboxylic acid groups (broad SMARTS) is 2. The van der Waals surface area contributed by atoms with Gasteiger partial charge < -0.3 is 42.3 Å². The lowest BCUT2D eigenvalue weighted by atomic mass is 10.0. The summed E-state index contributed by atoms with van der Waals surface area (Å²) in [6.45, 7) is 2.97. The number of nitrogens with zero attached hydrogens (tertiary/aromatic N) is 6. The zero-order chi connectivity index (χ0) is 36.4. The first-order valence-corrected chi connectivity index (χ1v) is 17.0. The highest BCUT2D eigenvalue weighted by atomic mass is 35.5. The van der Waals surface area contributed by atoms with Crippen molar-refractivity contribution in [3.63, 3.8) is 0 Å². The molecule has 2 aliphatic rings. The summed E-state index contributed by atoms with van der Waals surface area (Å²) in [6, 6.07) is 1.96. The average Bonchev–Trinajstić information content (AvgIpc) is 3.57. The van der Waals surface area contributed by atoms with E-state index in [1.807, 2.05) is 0 Å². The molecule has 0 bridgehead atoms. The first-order chi connectivity index (χ1) is 23.7. The van der Waals surface area contributed by atoms with E-state index in [0.717, 1.165) is 16.2 Å². The number of fused-ring (bicyclic) bond motifs is 2. The molecule has 1 saturated heterocycles. The predicted octanol–water partition coefficient (Wildman–Crippen LogP) is -0.489. The van der Waals surface area contributed by atoms with Crippen molar-refractivity contribution >= 4 is 92.4 Å². The van der Waals surface area contributed by atoms with E-state index >= 15 is 0 Å². The fraction of sp³-hybridized carbons (Fsp3) is 0.393. The zero-order valence-electron chi connectivity index (χ0n) is 26.4. The van der Waals surface area contributed by atoms with Gasteiger partial charge in [-0.1, -0.05) is 28.1 Å². The van der Waals surface area contributed by atoms with Crippen molar-refractivity contribution in [3.05, 3.63) is 39.6 Å².